The number of thiazole rings is 1. The van der Waals surface area contributed by atoms with E-state index in [1.807, 2.05) is 61.5 Å². The van der Waals surface area contributed by atoms with E-state index in [4.69, 9.17) is 10.00 Å². The molecular formula is C22H24N4O2S2. The molecule has 0 radical (unpaired) electrons. The van der Waals surface area contributed by atoms with Gasteiger partial charge in [0.15, 0.2) is 11.4 Å². The Labute approximate surface area is 185 Å². The number of aromatic nitrogens is 1. The summed E-state index contributed by atoms with van der Waals surface area (Å²) in [6.45, 7) is 2.47. The van der Waals surface area contributed by atoms with Gasteiger partial charge in [0.1, 0.15) is 11.4 Å². The van der Waals surface area contributed by atoms with E-state index >= 15 is 0 Å². The second-order valence-corrected chi connectivity index (χ2v) is 8.06. The van der Waals surface area contributed by atoms with Crippen molar-refractivity contribution in [2.45, 2.75) is 13.5 Å². The summed E-state index contributed by atoms with van der Waals surface area (Å²) in [6.07, 6.45) is 2.76. The molecule has 8 heteroatoms. The number of hydrogen-bond acceptors (Lipinski definition) is 8. The van der Waals surface area contributed by atoms with Gasteiger partial charge in [-0.3, -0.25) is 9.52 Å². The van der Waals surface area contributed by atoms with Gasteiger partial charge in [0.25, 0.3) is 0 Å². The summed E-state index contributed by atoms with van der Waals surface area (Å²) < 4.78 is 8.06. The van der Waals surface area contributed by atoms with Crippen molar-refractivity contribution < 1.29 is 9.53 Å². The van der Waals surface area contributed by atoms with Crippen molar-refractivity contribution in [3.63, 3.8) is 0 Å². The number of anilines is 2. The van der Waals surface area contributed by atoms with Gasteiger partial charge in [0, 0.05) is 10.6 Å². The molecule has 1 heterocycles. The van der Waals surface area contributed by atoms with Crippen LogP contribution in [0.15, 0.2) is 48.5 Å². The molecule has 0 atom stereocenters. The molecule has 0 aliphatic rings. The van der Waals surface area contributed by atoms with Crippen molar-refractivity contribution in [3.8, 4) is 11.8 Å². The van der Waals surface area contributed by atoms with Gasteiger partial charge in [-0.15, -0.1) is 11.3 Å². The van der Waals surface area contributed by atoms with Crippen LogP contribution in [0.25, 0.3) is 0 Å². The first-order valence-corrected chi connectivity index (χ1v) is 11.1. The number of ether oxygens (including phenoxy) is 1. The summed E-state index contributed by atoms with van der Waals surface area (Å²) >= 11 is 3.08. The van der Waals surface area contributed by atoms with Crippen LogP contribution in [0.4, 0.5) is 10.8 Å². The molecule has 0 saturated heterocycles. The molecule has 30 heavy (non-hydrogen) atoms. The Kier molecular flexibility index (Phi) is 9.35. The minimum absolute atomic E-state index is 0.457. The molecule has 6 nitrogen and oxygen atoms in total. The first kappa shape index (κ1) is 23.4. The monoisotopic (exact) mass is 440 g/mol. The van der Waals surface area contributed by atoms with Crippen LogP contribution in [0.2, 0.25) is 0 Å². The second-order valence-electron chi connectivity index (χ2n) is 6.06. The van der Waals surface area contributed by atoms with Crippen molar-refractivity contribution in [2.75, 3.05) is 25.3 Å². The number of hydrogen-bond donors (Lipinski definition) is 1. The van der Waals surface area contributed by atoms with Crippen LogP contribution >= 0.6 is 23.3 Å². The number of nitrogens with one attached hydrogen (secondary N) is 1. The molecule has 0 bridgehead atoms. The summed E-state index contributed by atoms with van der Waals surface area (Å²) in [5.41, 5.74) is 3.04. The molecule has 0 fully saturated rings. The third-order valence-electron chi connectivity index (χ3n) is 4.18. The standard InChI is InChI=1S/C20H17N3O2S.C2H7NS/c1-14-19(13-24)22-20(26-14)23(17-7-3-15(11-21)4-8-17)12-16-5-9-18(25-2)10-6-16;1-3-4-2/h3-10,13H,12H2,1-2H3;3H,1-2H3. The predicted molar refractivity (Wildman–Crippen MR) is 125 cm³/mol. The van der Waals surface area contributed by atoms with Crippen molar-refractivity contribution >= 4 is 40.4 Å². The highest BCUT2D eigenvalue weighted by Crippen LogP contribution is 2.33. The largest absolute Gasteiger partial charge is 0.497 e. The minimum atomic E-state index is 0.457. The lowest BCUT2D eigenvalue weighted by Gasteiger charge is -2.22. The zero-order valence-electron chi connectivity index (χ0n) is 17.4. The van der Waals surface area contributed by atoms with Crippen LogP contribution < -0.4 is 14.4 Å². The van der Waals surface area contributed by atoms with Crippen molar-refractivity contribution in [2.24, 2.45) is 0 Å². The van der Waals surface area contributed by atoms with E-state index in [0.29, 0.717) is 17.8 Å². The SMILES string of the molecule is CNSC.COc1ccc(CN(c2ccc(C#N)cc2)c2nc(C=O)c(C)s2)cc1. The number of aryl methyl sites for hydroxylation is 1. The van der Waals surface area contributed by atoms with Crippen LogP contribution in [-0.4, -0.2) is 31.7 Å². The molecule has 3 aromatic rings. The van der Waals surface area contributed by atoms with E-state index in [0.717, 1.165) is 33.3 Å². The number of nitrogens with zero attached hydrogens (tertiary/aromatic N) is 3. The summed E-state index contributed by atoms with van der Waals surface area (Å²) in [4.78, 5) is 18.6. The average Bonchev–Trinajstić information content (AvgIpc) is 3.18. The number of aldehydes is 1. The zero-order chi connectivity index (χ0) is 21.9. The predicted octanol–water partition coefficient (Wildman–Crippen LogP) is 4.97. The van der Waals surface area contributed by atoms with E-state index in [1.165, 1.54) is 11.3 Å². The molecular weight excluding hydrogens is 416 g/mol. The maximum Gasteiger partial charge on any atom is 0.191 e. The molecule has 1 N–H and O–H groups in total. The highest BCUT2D eigenvalue weighted by Gasteiger charge is 2.16. The van der Waals surface area contributed by atoms with Gasteiger partial charge in [-0.2, -0.15) is 5.26 Å². The van der Waals surface area contributed by atoms with Crippen LogP contribution in [0.5, 0.6) is 5.75 Å². The van der Waals surface area contributed by atoms with Gasteiger partial charge in [0.05, 0.1) is 25.3 Å². The van der Waals surface area contributed by atoms with Gasteiger partial charge in [-0.05, 0) is 62.2 Å². The number of nitriles is 1. The third-order valence-corrected chi connectivity index (χ3v) is 5.59. The molecule has 0 aliphatic carbocycles. The van der Waals surface area contributed by atoms with E-state index in [2.05, 4.69) is 15.8 Å². The quantitative estimate of drug-likeness (QED) is 0.411. The van der Waals surface area contributed by atoms with Crippen molar-refractivity contribution in [1.29, 1.82) is 5.26 Å². The van der Waals surface area contributed by atoms with Crippen LogP contribution in [0.1, 0.15) is 26.5 Å². The topological polar surface area (TPSA) is 78.2 Å². The summed E-state index contributed by atoms with van der Waals surface area (Å²) in [5.74, 6) is 0.798. The molecule has 0 saturated carbocycles. The maximum atomic E-state index is 11.2. The van der Waals surface area contributed by atoms with E-state index < -0.39 is 0 Å². The Morgan fingerprint density at radius 3 is 2.33 bits per heavy atom. The Morgan fingerprint density at radius 2 is 1.87 bits per heavy atom. The number of carbonyl (C=O) groups excluding carboxylic acids is 1. The number of benzene rings is 2. The molecule has 0 aliphatic heterocycles. The van der Waals surface area contributed by atoms with Gasteiger partial charge >= 0.3 is 0 Å². The zero-order valence-corrected chi connectivity index (χ0v) is 19.0. The van der Waals surface area contributed by atoms with Gasteiger partial charge < -0.3 is 9.64 Å². The highest BCUT2D eigenvalue weighted by molar-refractivity contribution is 7.96. The van der Waals surface area contributed by atoms with Gasteiger partial charge in [-0.25, -0.2) is 4.98 Å². The maximum absolute atomic E-state index is 11.2. The Hall–Kier alpha value is -2.86. The van der Waals surface area contributed by atoms with Gasteiger partial charge in [-0.1, -0.05) is 24.1 Å². The van der Waals surface area contributed by atoms with E-state index in [-0.39, 0.29) is 0 Å². The molecule has 3 rings (SSSR count). The van der Waals surface area contributed by atoms with Gasteiger partial charge in [0.2, 0.25) is 0 Å². The van der Waals surface area contributed by atoms with E-state index in [1.54, 1.807) is 31.2 Å². The minimum Gasteiger partial charge on any atom is -0.497 e. The lowest BCUT2D eigenvalue weighted by atomic mass is 10.1. The van der Waals surface area contributed by atoms with Crippen LogP contribution in [0.3, 0.4) is 0 Å². The summed E-state index contributed by atoms with van der Waals surface area (Å²) in [7, 11) is 3.53. The van der Waals surface area contributed by atoms with E-state index in [9.17, 15) is 4.79 Å². The number of rotatable bonds is 7. The molecule has 0 unspecified atom stereocenters. The third kappa shape index (κ3) is 6.32. The molecule has 156 valence electrons. The Balaban J connectivity index is 0.000000735. The molecule has 2 aromatic carbocycles. The number of carbonyl (C=O) groups is 1. The fourth-order valence-corrected chi connectivity index (χ4v) is 3.41. The average molecular weight is 441 g/mol. The first-order chi connectivity index (χ1) is 14.6. The van der Waals surface area contributed by atoms with Crippen molar-refractivity contribution in [1.82, 2.24) is 9.71 Å². The molecule has 0 spiro atoms. The lowest BCUT2D eigenvalue weighted by Crippen LogP contribution is -2.16. The van der Waals surface area contributed by atoms with Crippen LogP contribution in [0, 0.1) is 18.3 Å². The molecule has 1 aromatic heterocycles. The van der Waals surface area contributed by atoms with Crippen molar-refractivity contribution in [3.05, 3.63) is 70.2 Å². The molecule has 0 amide bonds. The summed E-state index contributed by atoms with van der Waals surface area (Å²) in [6, 6.07) is 17.3. The smallest absolute Gasteiger partial charge is 0.191 e. The fourth-order valence-electron chi connectivity index (χ4n) is 2.52. The first-order valence-electron chi connectivity index (χ1n) is 9.09. The van der Waals surface area contributed by atoms with Crippen LogP contribution in [-0.2, 0) is 6.54 Å². The Morgan fingerprint density at radius 1 is 1.23 bits per heavy atom. The number of methoxy groups -OCH3 is 1. The Bertz CT molecular complexity index is 978. The second kappa shape index (κ2) is 12.0. The fraction of sp³-hybridized carbons (Fsp3) is 0.227. The highest BCUT2D eigenvalue weighted by atomic mass is 32.2. The summed E-state index contributed by atoms with van der Waals surface area (Å²) in [5, 5.41) is 9.76. The lowest BCUT2D eigenvalue weighted by molar-refractivity contribution is 0.111. The normalized spacial score (nSPS) is 9.83.